The van der Waals surface area contributed by atoms with Gasteiger partial charge in [-0.1, -0.05) is 0 Å². The van der Waals surface area contributed by atoms with E-state index in [9.17, 15) is 4.79 Å². The maximum absolute atomic E-state index is 10.7. The van der Waals surface area contributed by atoms with E-state index in [0.717, 1.165) is 0 Å². The number of carboxylic acids is 1. The minimum Gasteiger partial charge on any atom is -0.477 e. The lowest BCUT2D eigenvalue weighted by molar-refractivity contribution is 0.0690. The molecule has 0 atom stereocenters. The molecule has 0 aliphatic heterocycles. The van der Waals surface area contributed by atoms with Gasteiger partial charge in [0, 0.05) is 12.2 Å². The first-order valence-electron chi connectivity index (χ1n) is 5.15. The first-order valence-corrected chi connectivity index (χ1v) is 5.15. The number of anilines is 1. The summed E-state index contributed by atoms with van der Waals surface area (Å²) in [6.45, 7) is 2.78. The van der Waals surface area contributed by atoms with Crippen molar-refractivity contribution >= 4 is 11.9 Å². The summed E-state index contributed by atoms with van der Waals surface area (Å²) in [7, 11) is 0. The van der Waals surface area contributed by atoms with E-state index in [1.807, 2.05) is 0 Å². The Morgan fingerprint density at radius 2 is 2.24 bits per heavy atom. The molecule has 17 heavy (non-hydrogen) atoms. The first-order chi connectivity index (χ1) is 8.13. The van der Waals surface area contributed by atoms with Crippen LogP contribution >= 0.6 is 0 Å². The molecule has 0 fully saturated rings. The summed E-state index contributed by atoms with van der Waals surface area (Å²) in [6, 6.07) is 1.40. The monoisotopic (exact) mass is 241 g/mol. The average Bonchev–Trinajstić information content (AvgIpc) is 2.28. The number of rotatable bonds is 7. The van der Waals surface area contributed by atoms with Gasteiger partial charge in [0.15, 0.2) is 5.69 Å². The normalized spacial score (nSPS) is 10.2. The van der Waals surface area contributed by atoms with Crippen LogP contribution in [0.15, 0.2) is 6.07 Å². The maximum Gasteiger partial charge on any atom is 0.354 e. The number of aromatic nitrogens is 2. The molecule has 7 nitrogen and oxygen atoms in total. The van der Waals surface area contributed by atoms with Crippen LogP contribution in [0.3, 0.4) is 0 Å². The highest BCUT2D eigenvalue weighted by Crippen LogP contribution is 2.04. The number of carboxylic acid groups (broad SMARTS) is 1. The lowest BCUT2D eigenvalue weighted by Gasteiger charge is -2.06. The fourth-order valence-electron chi connectivity index (χ4n) is 1.16. The Bertz CT molecular complexity index is 384. The molecule has 0 bridgehead atoms. The summed E-state index contributed by atoms with van der Waals surface area (Å²) in [6.07, 6.45) is 0. The fourth-order valence-corrected chi connectivity index (χ4v) is 1.16. The highest BCUT2D eigenvalue weighted by Gasteiger charge is 2.07. The van der Waals surface area contributed by atoms with Crippen molar-refractivity contribution in [2.75, 3.05) is 31.7 Å². The fraction of sp³-hybridized carbons (Fsp3) is 0.500. The van der Waals surface area contributed by atoms with Crippen LogP contribution in [0.5, 0.6) is 0 Å². The Kier molecular flexibility index (Phi) is 5.31. The molecule has 0 radical (unpaired) electrons. The van der Waals surface area contributed by atoms with Crippen LogP contribution in [0.1, 0.15) is 16.2 Å². The lowest BCUT2D eigenvalue weighted by atomic mass is 10.3. The van der Waals surface area contributed by atoms with E-state index >= 15 is 0 Å². The van der Waals surface area contributed by atoms with Crippen LogP contribution in [0.25, 0.3) is 0 Å². The second-order valence-electron chi connectivity index (χ2n) is 3.29. The van der Waals surface area contributed by atoms with Crippen molar-refractivity contribution in [3.63, 3.8) is 0 Å². The van der Waals surface area contributed by atoms with Gasteiger partial charge in [0.2, 0.25) is 5.95 Å². The third-order valence-corrected chi connectivity index (χ3v) is 1.84. The number of nitrogens with one attached hydrogen (secondary N) is 1. The number of nitrogens with zero attached hydrogens (tertiary/aromatic N) is 2. The number of aryl methyl sites for hydroxylation is 1. The van der Waals surface area contributed by atoms with Gasteiger partial charge in [0.25, 0.3) is 0 Å². The molecule has 0 aliphatic rings. The van der Waals surface area contributed by atoms with Gasteiger partial charge in [-0.2, -0.15) is 0 Å². The van der Waals surface area contributed by atoms with E-state index in [2.05, 4.69) is 15.3 Å². The molecule has 3 N–H and O–H groups in total. The zero-order valence-corrected chi connectivity index (χ0v) is 9.51. The SMILES string of the molecule is Cc1cc(C(=O)O)nc(NCCOCCO)n1. The molecule has 0 saturated carbocycles. The smallest absolute Gasteiger partial charge is 0.354 e. The first kappa shape index (κ1) is 13.3. The van der Waals surface area contributed by atoms with Gasteiger partial charge in [0.05, 0.1) is 19.8 Å². The van der Waals surface area contributed by atoms with Gasteiger partial charge in [-0.05, 0) is 13.0 Å². The van der Waals surface area contributed by atoms with Crippen molar-refractivity contribution in [3.05, 3.63) is 17.5 Å². The minimum atomic E-state index is -1.09. The predicted octanol–water partition coefficient (Wildman–Crippen LogP) is -0.0960. The molecule has 0 aromatic carbocycles. The Hall–Kier alpha value is -1.73. The molecule has 94 valence electrons. The van der Waals surface area contributed by atoms with Crippen molar-refractivity contribution < 1.29 is 19.7 Å². The summed E-state index contributed by atoms with van der Waals surface area (Å²) < 4.78 is 5.03. The third kappa shape index (κ3) is 4.75. The van der Waals surface area contributed by atoms with E-state index in [4.69, 9.17) is 14.9 Å². The molecule has 0 amide bonds. The number of carbonyl (C=O) groups is 1. The van der Waals surface area contributed by atoms with Gasteiger partial charge in [-0.15, -0.1) is 0 Å². The molecule has 0 unspecified atom stereocenters. The van der Waals surface area contributed by atoms with E-state index in [1.165, 1.54) is 6.07 Å². The van der Waals surface area contributed by atoms with Crippen LogP contribution in [0, 0.1) is 6.92 Å². The summed E-state index contributed by atoms with van der Waals surface area (Å²) in [4.78, 5) is 18.6. The molecule has 0 saturated heterocycles. The summed E-state index contributed by atoms with van der Waals surface area (Å²) in [5, 5.41) is 20.1. The zero-order chi connectivity index (χ0) is 12.7. The number of hydrogen-bond acceptors (Lipinski definition) is 6. The molecule has 1 heterocycles. The molecule has 1 aromatic rings. The maximum atomic E-state index is 10.7. The number of hydrogen-bond donors (Lipinski definition) is 3. The van der Waals surface area contributed by atoms with E-state index in [1.54, 1.807) is 6.92 Å². The van der Waals surface area contributed by atoms with Crippen molar-refractivity contribution in [3.8, 4) is 0 Å². The standard InChI is InChI=1S/C10H15N3O4/c1-7-6-8(9(15)16)13-10(12-7)11-2-4-17-5-3-14/h6,14H,2-5H2,1H3,(H,15,16)(H,11,12,13). The van der Waals surface area contributed by atoms with Gasteiger partial charge in [0.1, 0.15) is 0 Å². The average molecular weight is 241 g/mol. The second-order valence-corrected chi connectivity index (χ2v) is 3.29. The van der Waals surface area contributed by atoms with Gasteiger partial charge < -0.3 is 20.3 Å². The summed E-state index contributed by atoms with van der Waals surface area (Å²) in [5.74, 6) is -0.829. The highest BCUT2D eigenvalue weighted by molar-refractivity contribution is 5.85. The van der Waals surface area contributed by atoms with E-state index in [-0.39, 0.29) is 24.9 Å². The Labute approximate surface area is 98.5 Å². The van der Waals surface area contributed by atoms with Crippen LogP contribution < -0.4 is 5.32 Å². The molecule has 0 aliphatic carbocycles. The minimum absolute atomic E-state index is 0.0237. The summed E-state index contributed by atoms with van der Waals surface area (Å²) in [5.41, 5.74) is 0.535. The lowest BCUT2D eigenvalue weighted by Crippen LogP contribution is -2.14. The predicted molar refractivity (Wildman–Crippen MR) is 60.1 cm³/mol. The quantitative estimate of drug-likeness (QED) is 0.573. The van der Waals surface area contributed by atoms with Crippen LogP contribution in [0.2, 0.25) is 0 Å². The van der Waals surface area contributed by atoms with Crippen molar-refractivity contribution in [2.45, 2.75) is 6.92 Å². The van der Waals surface area contributed by atoms with Gasteiger partial charge >= 0.3 is 5.97 Å². The van der Waals surface area contributed by atoms with E-state index in [0.29, 0.717) is 18.8 Å². The number of ether oxygens (including phenoxy) is 1. The topological polar surface area (TPSA) is 105 Å². The molecule has 1 rings (SSSR count). The number of aliphatic hydroxyl groups is 1. The molecular weight excluding hydrogens is 226 g/mol. The zero-order valence-electron chi connectivity index (χ0n) is 9.51. The second kappa shape index (κ2) is 6.77. The Morgan fingerprint density at radius 3 is 2.88 bits per heavy atom. The third-order valence-electron chi connectivity index (χ3n) is 1.84. The summed E-state index contributed by atoms with van der Waals surface area (Å²) >= 11 is 0. The van der Waals surface area contributed by atoms with Crippen LogP contribution in [0.4, 0.5) is 5.95 Å². The van der Waals surface area contributed by atoms with Crippen LogP contribution in [-0.2, 0) is 4.74 Å². The van der Waals surface area contributed by atoms with Crippen LogP contribution in [-0.4, -0.2) is 52.5 Å². The van der Waals surface area contributed by atoms with Gasteiger partial charge in [-0.3, -0.25) is 0 Å². The van der Waals surface area contributed by atoms with Crippen molar-refractivity contribution in [1.29, 1.82) is 0 Å². The number of aliphatic hydroxyl groups excluding tert-OH is 1. The van der Waals surface area contributed by atoms with Crippen molar-refractivity contribution in [2.24, 2.45) is 0 Å². The Morgan fingerprint density at radius 1 is 1.47 bits per heavy atom. The molecule has 1 aromatic heterocycles. The highest BCUT2D eigenvalue weighted by atomic mass is 16.5. The molecule has 7 heteroatoms. The molecule has 0 spiro atoms. The Balaban J connectivity index is 2.50. The molecular formula is C10H15N3O4. The largest absolute Gasteiger partial charge is 0.477 e. The number of aromatic carboxylic acids is 1. The van der Waals surface area contributed by atoms with Crippen molar-refractivity contribution in [1.82, 2.24) is 9.97 Å². The van der Waals surface area contributed by atoms with Gasteiger partial charge in [-0.25, -0.2) is 14.8 Å². The van der Waals surface area contributed by atoms with E-state index < -0.39 is 5.97 Å².